The number of aryl methyl sites for hydroxylation is 1. The molecule has 0 amide bonds. The zero-order valence-corrected chi connectivity index (χ0v) is 20.8. The number of carbonyl (C=O) groups excluding carboxylic acids is 1. The van der Waals surface area contributed by atoms with Gasteiger partial charge in [-0.3, -0.25) is 4.79 Å². The van der Waals surface area contributed by atoms with Gasteiger partial charge in [0, 0.05) is 28.4 Å². The Hall–Kier alpha value is -3.50. The van der Waals surface area contributed by atoms with Gasteiger partial charge in [-0.1, -0.05) is 58.4 Å². The largest absolute Gasteiger partial charge is 0.368 e. The molecule has 2 nitrogen and oxygen atoms in total. The molecule has 0 saturated heterocycles. The Morgan fingerprint density at radius 1 is 0.857 bits per heavy atom. The number of hydrogen-bond donors (Lipinski definition) is 1. The van der Waals surface area contributed by atoms with Crippen LogP contribution in [0.15, 0.2) is 95.8 Å². The molecule has 174 valence electrons. The Kier molecular flexibility index (Phi) is 6.91. The number of benzene rings is 3. The summed E-state index contributed by atoms with van der Waals surface area (Å²) in [5.41, 5.74) is 5.70. The minimum Gasteiger partial charge on any atom is -0.368 e. The van der Waals surface area contributed by atoms with E-state index in [9.17, 15) is 9.18 Å². The second kappa shape index (κ2) is 10.4. The highest BCUT2D eigenvalue weighted by Gasteiger charge is 2.23. The lowest BCUT2D eigenvalue weighted by atomic mass is 9.82. The first-order valence-electron chi connectivity index (χ1n) is 11.8. The van der Waals surface area contributed by atoms with Crippen LogP contribution < -0.4 is 15.8 Å². The van der Waals surface area contributed by atoms with Gasteiger partial charge in [-0.2, -0.15) is 0 Å². The van der Waals surface area contributed by atoms with Crippen molar-refractivity contribution in [3.63, 3.8) is 0 Å². The molecule has 0 radical (unpaired) electrons. The third-order valence-corrected chi connectivity index (χ3v) is 7.03. The average Bonchev–Trinajstić information content (AvgIpc) is 3.21. The summed E-state index contributed by atoms with van der Waals surface area (Å²) >= 11 is 3.56. The van der Waals surface area contributed by atoms with Gasteiger partial charge in [-0.25, -0.2) is 4.39 Å². The van der Waals surface area contributed by atoms with Gasteiger partial charge in [0.25, 0.3) is 0 Å². The Balaban J connectivity index is 0.000000313. The predicted molar refractivity (Wildman–Crippen MR) is 145 cm³/mol. The van der Waals surface area contributed by atoms with E-state index in [0.717, 1.165) is 23.7 Å². The lowest BCUT2D eigenvalue weighted by Crippen LogP contribution is -2.37. The van der Waals surface area contributed by atoms with Gasteiger partial charge >= 0.3 is 0 Å². The molecule has 0 aromatic heterocycles. The van der Waals surface area contributed by atoms with E-state index < -0.39 is 0 Å². The molecule has 0 fully saturated rings. The van der Waals surface area contributed by atoms with E-state index in [1.54, 1.807) is 12.1 Å². The van der Waals surface area contributed by atoms with Gasteiger partial charge in [-0.05, 0) is 101 Å². The van der Waals surface area contributed by atoms with Crippen molar-refractivity contribution < 1.29 is 9.18 Å². The van der Waals surface area contributed by atoms with Crippen molar-refractivity contribution in [2.75, 3.05) is 0 Å². The third-order valence-electron chi connectivity index (χ3n) is 6.54. The molecule has 1 N–H and O–H groups in total. The zero-order chi connectivity index (χ0) is 24.2. The summed E-state index contributed by atoms with van der Waals surface area (Å²) in [4.78, 5) is 13.0. The van der Waals surface area contributed by atoms with Crippen LogP contribution in [-0.2, 0) is 12.8 Å². The number of fused-ring (bicyclic) bond motifs is 5. The van der Waals surface area contributed by atoms with Crippen LogP contribution in [0.4, 0.5) is 4.39 Å². The number of Topliss-reactive ketones (excluding diaryl/α,β-unsaturated/α-hetero) is 1. The van der Waals surface area contributed by atoms with Gasteiger partial charge in [0.15, 0.2) is 5.78 Å². The fraction of sp³-hybridized carbons (Fsp3) is 0.129. The predicted octanol–water partition coefficient (Wildman–Crippen LogP) is 5.99. The SMILES string of the molecule is C1=CC=CNC=C1.O=C(c1ccc(F)cc1)C1C=c2c(ccc3c2=CCc2cc(Br)ccc2-3)CC1. The van der Waals surface area contributed by atoms with Crippen molar-refractivity contribution in [2.24, 2.45) is 5.92 Å². The molecular formula is C31H25BrFNO. The van der Waals surface area contributed by atoms with E-state index in [1.165, 1.54) is 44.8 Å². The van der Waals surface area contributed by atoms with Crippen LogP contribution in [0.3, 0.4) is 0 Å². The quantitative estimate of drug-likeness (QED) is 0.416. The summed E-state index contributed by atoms with van der Waals surface area (Å²) in [6, 6.07) is 16.7. The summed E-state index contributed by atoms with van der Waals surface area (Å²) in [6.45, 7) is 0. The Morgan fingerprint density at radius 3 is 2.37 bits per heavy atom. The molecule has 6 rings (SSSR count). The number of carbonyl (C=O) groups is 1. The fourth-order valence-electron chi connectivity index (χ4n) is 4.79. The van der Waals surface area contributed by atoms with Crippen molar-refractivity contribution in [3.8, 4) is 11.1 Å². The number of halogens is 2. The first-order valence-corrected chi connectivity index (χ1v) is 12.6. The maximum Gasteiger partial charge on any atom is 0.169 e. The molecule has 1 atom stereocenters. The van der Waals surface area contributed by atoms with E-state index in [2.05, 4.69) is 63.7 Å². The minimum atomic E-state index is -0.316. The van der Waals surface area contributed by atoms with Crippen LogP contribution in [-0.4, -0.2) is 5.78 Å². The molecule has 0 bridgehead atoms. The molecular weight excluding hydrogens is 501 g/mol. The Labute approximate surface area is 213 Å². The van der Waals surface area contributed by atoms with Crippen LogP contribution in [0.2, 0.25) is 0 Å². The highest BCUT2D eigenvalue weighted by molar-refractivity contribution is 9.10. The summed E-state index contributed by atoms with van der Waals surface area (Å²) < 4.78 is 14.3. The van der Waals surface area contributed by atoms with Gasteiger partial charge in [0.05, 0.1) is 0 Å². The Bertz CT molecular complexity index is 1470. The van der Waals surface area contributed by atoms with Crippen molar-refractivity contribution in [2.45, 2.75) is 19.3 Å². The highest BCUT2D eigenvalue weighted by Crippen LogP contribution is 2.28. The van der Waals surface area contributed by atoms with Crippen LogP contribution in [0.5, 0.6) is 0 Å². The minimum absolute atomic E-state index is 0.0726. The average molecular weight is 526 g/mol. The standard InChI is InChI=1S/C25H18BrFO.C6H7N/c26-19-7-12-21-17(13-19)6-11-23-22(21)10-5-15-1-2-18(14-24(15)23)25(28)16-3-8-20(27)9-4-16;1-2-4-6-7-5-3-1/h3-5,7-14,18H,1-2,6H2;1-7H. The summed E-state index contributed by atoms with van der Waals surface area (Å²) in [6.07, 6.45) is 18.6. The summed E-state index contributed by atoms with van der Waals surface area (Å²) in [7, 11) is 0. The maximum absolute atomic E-state index is 13.2. The number of ketones is 1. The number of allylic oxidation sites excluding steroid dienone is 4. The maximum atomic E-state index is 13.2. The summed E-state index contributed by atoms with van der Waals surface area (Å²) in [5, 5.41) is 5.36. The molecule has 3 aromatic rings. The van der Waals surface area contributed by atoms with Gasteiger partial charge in [0.2, 0.25) is 0 Å². The monoisotopic (exact) mass is 525 g/mol. The van der Waals surface area contributed by atoms with Gasteiger partial charge in [0.1, 0.15) is 5.82 Å². The topological polar surface area (TPSA) is 29.1 Å². The van der Waals surface area contributed by atoms with Crippen molar-refractivity contribution in [1.82, 2.24) is 5.32 Å². The first kappa shape index (κ1) is 23.3. The van der Waals surface area contributed by atoms with Gasteiger partial charge in [-0.15, -0.1) is 0 Å². The Morgan fingerprint density at radius 2 is 1.60 bits per heavy atom. The fourth-order valence-corrected chi connectivity index (χ4v) is 5.20. The van der Waals surface area contributed by atoms with E-state index in [0.29, 0.717) is 5.56 Å². The second-order valence-electron chi connectivity index (χ2n) is 8.76. The van der Waals surface area contributed by atoms with Crippen molar-refractivity contribution in [3.05, 3.63) is 129 Å². The normalized spacial score (nSPS) is 16.7. The van der Waals surface area contributed by atoms with E-state index in [1.807, 2.05) is 36.7 Å². The van der Waals surface area contributed by atoms with Crippen LogP contribution >= 0.6 is 15.9 Å². The van der Waals surface area contributed by atoms with Crippen LogP contribution in [0.1, 0.15) is 27.9 Å². The molecule has 3 aliphatic rings. The molecule has 1 heterocycles. The van der Waals surface area contributed by atoms with E-state index in [-0.39, 0.29) is 17.5 Å². The molecule has 0 saturated carbocycles. The highest BCUT2D eigenvalue weighted by atomic mass is 79.9. The summed E-state index contributed by atoms with van der Waals surface area (Å²) in [5.74, 6) is -0.406. The van der Waals surface area contributed by atoms with Crippen LogP contribution in [0.25, 0.3) is 23.3 Å². The van der Waals surface area contributed by atoms with Crippen molar-refractivity contribution >= 4 is 33.9 Å². The van der Waals surface area contributed by atoms with Crippen molar-refractivity contribution in [1.29, 1.82) is 0 Å². The first-order chi connectivity index (χ1) is 17.1. The molecule has 35 heavy (non-hydrogen) atoms. The molecule has 4 heteroatoms. The molecule has 1 aliphatic heterocycles. The second-order valence-corrected chi connectivity index (χ2v) is 9.68. The van der Waals surface area contributed by atoms with Crippen LogP contribution in [0, 0.1) is 11.7 Å². The van der Waals surface area contributed by atoms with Gasteiger partial charge < -0.3 is 5.32 Å². The lowest BCUT2D eigenvalue weighted by Gasteiger charge is -2.21. The molecule has 1 unspecified atom stereocenters. The number of hydrogen-bond acceptors (Lipinski definition) is 2. The molecule has 0 spiro atoms. The third kappa shape index (κ3) is 5.13. The molecule has 3 aromatic carbocycles. The smallest absolute Gasteiger partial charge is 0.169 e. The number of rotatable bonds is 2. The zero-order valence-electron chi connectivity index (χ0n) is 19.2. The number of nitrogens with one attached hydrogen (secondary N) is 1. The van der Waals surface area contributed by atoms with E-state index >= 15 is 0 Å². The molecule has 2 aliphatic carbocycles. The van der Waals surface area contributed by atoms with E-state index in [4.69, 9.17) is 0 Å². The lowest BCUT2D eigenvalue weighted by molar-refractivity contribution is 0.0946.